The van der Waals surface area contributed by atoms with E-state index in [1.54, 1.807) is 0 Å². The van der Waals surface area contributed by atoms with Crippen LogP contribution in [-0.2, 0) is 0 Å². The first-order valence-electron chi connectivity index (χ1n) is 9.19. The van der Waals surface area contributed by atoms with E-state index in [9.17, 15) is 14.9 Å². The summed E-state index contributed by atoms with van der Waals surface area (Å²) in [6, 6.07) is 12.2. The van der Waals surface area contributed by atoms with Crippen LogP contribution in [0.15, 0.2) is 53.1 Å². The standard InChI is InChI=1S/C21H20N2O4/c24-21(19-13-27-20-11-10-17(23(25)26)12-18(19)20)22-16-8-6-15(7-9-16)14-4-2-1-3-5-14/h6-14H,1-5H2,(H,22,24). The van der Waals surface area contributed by atoms with Gasteiger partial charge < -0.3 is 9.73 Å². The number of hydrogen-bond acceptors (Lipinski definition) is 4. The van der Waals surface area contributed by atoms with Crippen molar-refractivity contribution in [2.24, 2.45) is 0 Å². The third-order valence-corrected chi connectivity index (χ3v) is 5.26. The zero-order valence-corrected chi connectivity index (χ0v) is 14.8. The Morgan fingerprint density at radius 1 is 1.07 bits per heavy atom. The van der Waals surface area contributed by atoms with Crippen LogP contribution >= 0.6 is 0 Å². The highest BCUT2D eigenvalue weighted by molar-refractivity contribution is 6.12. The van der Waals surface area contributed by atoms with E-state index in [-0.39, 0.29) is 17.2 Å². The van der Waals surface area contributed by atoms with Crippen LogP contribution < -0.4 is 5.32 Å². The van der Waals surface area contributed by atoms with E-state index in [1.165, 1.54) is 62.1 Å². The van der Waals surface area contributed by atoms with Crippen molar-refractivity contribution in [2.75, 3.05) is 5.32 Å². The van der Waals surface area contributed by atoms with Crippen molar-refractivity contribution in [1.82, 2.24) is 0 Å². The number of carbonyl (C=O) groups excluding carboxylic acids is 1. The number of amides is 1. The van der Waals surface area contributed by atoms with E-state index in [2.05, 4.69) is 17.4 Å². The van der Waals surface area contributed by atoms with Crippen LogP contribution in [0, 0.1) is 10.1 Å². The lowest BCUT2D eigenvalue weighted by atomic mass is 9.84. The van der Waals surface area contributed by atoms with Crippen LogP contribution in [0.2, 0.25) is 0 Å². The molecule has 0 atom stereocenters. The van der Waals surface area contributed by atoms with E-state index in [1.807, 2.05) is 12.1 Å². The minimum absolute atomic E-state index is 0.0743. The number of rotatable bonds is 4. The molecule has 6 heteroatoms. The number of benzene rings is 2. The molecule has 0 bridgehead atoms. The molecule has 3 aromatic rings. The number of nitrogens with zero attached hydrogens (tertiary/aromatic N) is 1. The predicted octanol–water partition coefficient (Wildman–Crippen LogP) is 5.64. The average molecular weight is 364 g/mol. The molecule has 1 saturated carbocycles. The number of fused-ring (bicyclic) bond motifs is 1. The summed E-state index contributed by atoms with van der Waals surface area (Å²) in [5.41, 5.74) is 2.66. The fourth-order valence-corrected chi connectivity index (χ4v) is 3.78. The summed E-state index contributed by atoms with van der Waals surface area (Å²) < 4.78 is 5.36. The van der Waals surface area contributed by atoms with Crippen LogP contribution in [0.5, 0.6) is 0 Å². The minimum atomic E-state index is -0.488. The van der Waals surface area contributed by atoms with Crippen LogP contribution in [0.4, 0.5) is 11.4 Å². The number of anilines is 1. The highest BCUT2D eigenvalue weighted by Crippen LogP contribution is 2.33. The largest absolute Gasteiger partial charge is 0.463 e. The SMILES string of the molecule is O=C(Nc1ccc(C2CCCCC2)cc1)c1coc2ccc([N+](=O)[O-])cc12. The van der Waals surface area contributed by atoms with Crippen molar-refractivity contribution >= 4 is 28.3 Å². The van der Waals surface area contributed by atoms with Gasteiger partial charge in [0.15, 0.2) is 0 Å². The zero-order chi connectivity index (χ0) is 18.8. The number of non-ortho nitro benzene ring substituents is 1. The molecule has 1 aliphatic carbocycles. The lowest BCUT2D eigenvalue weighted by molar-refractivity contribution is -0.384. The lowest BCUT2D eigenvalue weighted by Gasteiger charge is -2.22. The third-order valence-electron chi connectivity index (χ3n) is 5.26. The summed E-state index contributed by atoms with van der Waals surface area (Å²) in [5, 5.41) is 14.3. The minimum Gasteiger partial charge on any atom is -0.463 e. The Balaban J connectivity index is 1.52. The Bertz CT molecular complexity index is 985. The van der Waals surface area contributed by atoms with Gasteiger partial charge in [0.05, 0.1) is 10.5 Å². The number of carbonyl (C=O) groups is 1. The quantitative estimate of drug-likeness (QED) is 0.479. The van der Waals surface area contributed by atoms with Gasteiger partial charge in [0.2, 0.25) is 0 Å². The van der Waals surface area contributed by atoms with Gasteiger partial charge >= 0.3 is 0 Å². The molecular formula is C21H20N2O4. The number of hydrogen-bond donors (Lipinski definition) is 1. The van der Waals surface area contributed by atoms with Crippen molar-refractivity contribution in [1.29, 1.82) is 0 Å². The molecule has 1 amide bonds. The van der Waals surface area contributed by atoms with E-state index in [0.717, 1.165) is 0 Å². The van der Waals surface area contributed by atoms with Crippen LogP contribution in [0.1, 0.15) is 53.9 Å². The normalized spacial score (nSPS) is 15.0. The van der Waals surface area contributed by atoms with Gasteiger partial charge in [-0.1, -0.05) is 31.4 Å². The maximum atomic E-state index is 12.6. The maximum Gasteiger partial charge on any atom is 0.270 e. The number of nitro groups is 1. The Morgan fingerprint density at radius 2 is 1.81 bits per heavy atom. The molecule has 0 spiro atoms. The van der Waals surface area contributed by atoms with Crippen molar-refractivity contribution < 1.29 is 14.1 Å². The topological polar surface area (TPSA) is 85.4 Å². The number of nitro benzene ring substituents is 1. The van der Waals surface area contributed by atoms with Gasteiger partial charge in [-0.05, 0) is 42.5 Å². The summed E-state index contributed by atoms with van der Waals surface area (Å²) in [5.74, 6) is 0.265. The molecule has 1 aromatic heterocycles. The van der Waals surface area contributed by atoms with E-state index in [4.69, 9.17) is 4.42 Å². The summed E-state index contributed by atoms with van der Waals surface area (Å²) in [6.07, 6.45) is 7.67. The summed E-state index contributed by atoms with van der Waals surface area (Å²) in [7, 11) is 0. The van der Waals surface area contributed by atoms with Crippen molar-refractivity contribution in [2.45, 2.75) is 38.0 Å². The molecule has 0 unspecified atom stereocenters. The molecule has 0 radical (unpaired) electrons. The monoisotopic (exact) mass is 364 g/mol. The van der Waals surface area contributed by atoms with E-state index >= 15 is 0 Å². The first-order valence-corrected chi connectivity index (χ1v) is 9.19. The van der Waals surface area contributed by atoms with E-state index in [0.29, 0.717) is 22.6 Å². The molecule has 1 fully saturated rings. The molecule has 2 aromatic carbocycles. The van der Waals surface area contributed by atoms with Gasteiger partial charge in [-0.15, -0.1) is 0 Å². The molecule has 6 nitrogen and oxygen atoms in total. The second-order valence-corrected chi connectivity index (χ2v) is 7.00. The molecule has 1 N–H and O–H groups in total. The smallest absolute Gasteiger partial charge is 0.270 e. The first kappa shape index (κ1) is 17.3. The molecule has 27 heavy (non-hydrogen) atoms. The molecule has 138 valence electrons. The van der Waals surface area contributed by atoms with Crippen molar-refractivity contribution in [3.8, 4) is 0 Å². The number of nitrogens with one attached hydrogen (secondary N) is 1. The van der Waals surface area contributed by atoms with Gasteiger partial charge in [0.25, 0.3) is 11.6 Å². The number of furan rings is 1. The lowest BCUT2D eigenvalue weighted by Crippen LogP contribution is -2.11. The maximum absolute atomic E-state index is 12.6. The Labute approximate surface area is 156 Å². The second kappa shape index (κ2) is 7.23. The summed E-state index contributed by atoms with van der Waals surface area (Å²) in [4.78, 5) is 23.1. The predicted molar refractivity (Wildman–Crippen MR) is 103 cm³/mol. The van der Waals surface area contributed by atoms with Crippen molar-refractivity contribution in [3.05, 3.63) is 70.0 Å². The molecule has 1 aliphatic rings. The van der Waals surface area contributed by atoms with Gasteiger partial charge in [0, 0.05) is 23.2 Å². The van der Waals surface area contributed by atoms with Crippen LogP contribution in [0.25, 0.3) is 11.0 Å². The highest BCUT2D eigenvalue weighted by atomic mass is 16.6. The Morgan fingerprint density at radius 3 is 2.52 bits per heavy atom. The van der Waals surface area contributed by atoms with E-state index < -0.39 is 4.92 Å². The zero-order valence-electron chi connectivity index (χ0n) is 14.8. The van der Waals surface area contributed by atoms with Gasteiger partial charge in [0.1, 0.15) is 11.8 Å². The van der Waals surface area contributed by atoms with Crippen molar-refractivity contribution in [3.63, 3.8) is 0 Å². The molecule has 0 aliphatic heterocycles. The molecule has 4 rings (SSSR count). The highest BCUT2D eigenvalue weighted by Gasteiger charge is 2.18. The van der Waals surface area contributed by atoms with Gasteiger partial charge in [-0.3, -0.25) is 14.9 Å². The molecular weight excluding hydrogens is 344 g/mol. The first-order chi connectivity index (χ1) is 13.1. The van der Waals surface area contributed by atoms with Gasteiger partial charge in [-0.25, -0.2) is 0 Å². The second-order valence-electron chi connectivity index (χ2n) is 7.00. The third kappa shape index (κ3) is 3.56. The fraction of sp³-hybridized carbons (Fsp3) is 0.286. The van der Waals surface area contributed by atoms with Gasteiger partial charge in [-0.2, -0.15) is 0 Å². The van der Waals surface area contributed by atoms with Crippen LogP contribution in [-0.4, -0.2) is 10.8 Å². The Hall–Kier alpha value is -3.15. The summed E-state index contributed by atoms with van der Waals surface area (Å²) >= 11 is 0. The molecule has 1 heterocycles. The average Bonchev–Trinajstić information content (AvgIpc) is 3.12. The van der Waals surface area contributed by atoms with Crippen LogP contribution in [0.3, 0.4) is 0 Å². The summed E-state index contributed by atoms with van der Waals surface area (Å²) in [6.45, 7) is 0. The Kier molecular flexibility index (Phi) is 4.62. The molecule has 0 saturated heterocycles. The fourth-order valence-electron chi connectivity index (χ4n) is 3.78.